The van der Waals surface area contributed by atoms with Gasteiger partial charge in [0.2, 0.25) is 0 Å². The van der Waals surface area contributed by atoms with Gasteiger partial charge >= 0.3 is 0 Å². The lowest BCUT2D eigenvalue weighted by Gasteiger charge is -2.20. The summed E-state index contributed by atoms with van der Waals surface area (Å²) in [6.07, 6.45) is 10.4. The molecular formula is C11H25N. The van der Waals surface area contributed by atoms with E-state index in [0.29, 0.717) is 0 Å². The topological polar surface area (TPSA) is 26.0 Å². The standard InChI is InChI=1S/C9H18.C2H7N/c1-2-6-9-7-4-3-5-8-9;1-2-3/h9H,2-8H2,1H3;2-3H2,1H3. The van der Waals surface area contributed by atoms with E-state index in [1.54, 1.807) is 0 Å². The summed E-state index contributed by atoms with van der Waals surface area (Å²) >= 11 is 0. The summed E-state index contributed by atoms with van der Waals surface area (Å²) < 4.78 is 0. The smallest absolute Gasteiger partial charge is 0.0106 e. The Hall–Kier alpha value is -0.0400. The molecule has 12 heavy (non-hydrogen) atoms. The first-order chi connectivity index (χ1) is 5.85. The van der Waals surface area contributed by atoms with Gasteiger partial charge in [-0.15, -0.1) is 0 Å². The Morgan fingerprint density at radius 2 is 1.58 bits per heavy atom. The Morgan fingerprint density at radius 1 is 1.08 bits per heavy atom. The lowest BCUT2D eigenvalue weighted by Crippen LogP contribution is -2.04. The molecule has 0 saturated heterocycles. The molecule has 0 aromatic carbocycles. The van der Waals surface area contributed by atoms with Gasteiger partial charge in [0.1, 0.15) is 0 Å². The Bertz CT molecular complexity index is 72.3. The highest BCUT2D eigenvalue weighted by atomic mass is 14.5. The fourth-order valence-corrected chi connectivity index (χ4v) is 1.88. The van der Waals surface area contributed by atoms with Crippen molar-refractivity contribution >= 4 is 0 Å². The number of hydrogen-bond acceptors (Lipinski definition) is 1. The second-order valence-corrected chi connectivity index (χ2v) is 3.70. The maximum atomic E-state index is 4.85. The van der Waals surface area contributed by atoms with Crippen molar-refractivity contribution in [2.24, 2.45) is 11.7 Å². The third kappa shape index (κ3) is 6.66. The molecule has 1 nitrogen and oxygen atoms in total. The summed E-state index contributed by atoms with van der Waals surface area (Å²) in [5.74, 6) is 1.10. The summed E-state index contributed by atoms with van der Waals surface area (Å²) in [6, 6.07) is 0. The predicted octanol–water partition coefficient (Wildman–Crippen LogP) is 3.33. The summed E-state index contributed by atoms with van der Waals surface area (Å²) in [7, 11) is 0. The molecule has 0 amide bonds. The third-order valence-corrected chi connectivity index (χ3v) is 2.42. The molecule has 0 unspecified atom stereocenters. The minimum Gasteiger partial charge on any atom is -0.331 e. The molecule has 1 saturated carbocycles. The van der Waals surface area contributed by atoms with Crippen LogP contribution in [0.4, 0.5) is 0 Å². The van der Waals surface area contributed by atoms with Crippen LogP contribution in [-0.2, 0) is 0 Å². The molecule has 0 spiro atoms. The highest BCUT2D eigenvalue weighted by molar-refractivity contribution is 4.64. The van der Waals surface area contributed by atoms with Crippen molar-refractivity contribution in [3.05, 3.63) is 0 Å². The maximum absolute atomic E-state index is 4.85. The zero-order valence-electron chi connectivity index (χ0n) is 8.81. The monoisotopic (exact) mass is 171 g/mol. The predicted molar refractivity (Wildman–Crippen MR) is 56.2 cm³/mol. The van der Waals surface area contributed by atoms with Crippen LogP contribution in [-0.4, -0.2) is 6.54 Å². The van der Waals surface area contributed by atoms with E-state index in [1.165, 1.54) is 44.9 Å². The first-order valence-electron chi connectivity index (χ1n) is 5.55. The van der Waals surface area contributed by atoms with Crippen molar-refractivity contribution in [2.45, 2.75) is 58.8 Å². The Labute approximate surface area is 77.7 Å². The van der Waals surface area contributed by atoms with Crippen molar-refractivity contribution < 1.29 is 0 Å². The molecule has 1 aliphatic rings. The summed E-state index contributed by atoms with van der Waals surface area (Å²) in [5, 5.41) is 0. The van der Waals surface area contributed by atoms with Gasteiger partial charge in [0, 0.05) is 0 Å². The third-order valence-electron chi connectivity index (χ3n) is 2.42. The van der Waals surface area contributed by atoms with Crippen LogP contribution in [0.1, 0.15) is 58.8 Å². The van der Waals surface area contributed by atoms with E-state index in [1.807, 2.05) is 6.92 Å². The lowest BCUT2D eigenvalue weighted by molar-refractivity contribution is 0.336. The van der Waals surface area contributed by atoms with Crippen LogP contribution in [0.5, 0.6) is 0 Å². The van der Waals surface area contributed by atoms with E-state index in [2.05, 4.69) is 6.92 Å². The van der Waals surface area contributed by atoms with E-state index in [0.717, 1.165) is 12.5 Å². The average Bonchev–Trinajstić information content (AvgIpc) is 2.08. The first-order valence-corrected chi connectivity index (χ1v) is 5.55. The molecule has 0 atom stereocenters. The Kier molecular flexibility index (Phi) is 9.02. The zero-order valence-corrected chi connectivity index (χ0v) is 8.81. The molecule has 74 valence electrons. The molecule has 0 heterocycles. The summed E-state index contributed by atoms with van der Waals surface area (Å²) in [4.78, 5) is 0. The van der Waals surface area contributed by atoms with E-state index in [4.69, 9.17) is 5.73 Å². The molecule has 1 aliphatic carbocycles. The van der Waals surface area contributed by atoms with E-state index < -0.39 is 0 Å². The fraction of sp³-hybridized carbons (Fsp3) is 1.00. The molecule has 0 aromatic heterocycles. The van der Waals surface area contributed by atoms with Crippen LogP contribution >= 0.6 is 0 Å². The molecule has 1 rings (SSSR count). The Morgan fingerprint density at radius 3 is 2.00 bits per heavy atom. The van der Waals surface area contributed by atoms with Gasteiger partial charge in [0.15, 0.2) is 0 Å². The van der Waals surface area contributed by atoms with Crippen molar-refractivity contribution in [3.8, 4) is 0 Å². The average molecular weight is 171 g/mol. The van der Waals surface area contributed by atoms with Gasteiger partial charge in [-0.3, -0.25) is 0 Å². The molecule has 0 aromatic rings. The van der Waals surface area contributed by atoms with Crippen LogP contribution < -0.4 is 5.73 Å². The second kappa shape index (κ2) is 9.05. The highest BCUT2D eigenvalue weighted by Crippen LogP contribution is 2.26. The van der Waals surface area contributed by atoms with E-state index in [9.17, 15) is 0 Å². The van der Waals surface area contributed by atoms with E-state index in [-0.39, 0.29) is 0 Å². The van der Waals surface area contributed by atoms with Crippen LogP contribution in [0, 0.1) is 5.92 Å². The summed E-state index contributed by atoms with van der Waals surface area (Å²) in [6.45, 7) is 4.95. The van der Waals surface area contributed by atoms with Gasteiger partial charge in [-0.2, -0.15) is 0 Å². The molecule has 0 aliphatic heterocycles. The van der Waals surface area contributed by atoms with Gasteiger partial charge < -0.3 is 5.73 Å². The fourth-order valence-electron chi connectivity index (χ4n) is 1.88. The van der Waals surface area contributed by atoms with Crippen LogP contribution in [0.15, 0.2) is 0 Å². The molecule has 1 heteroatoms. The summed E-state index contributed by atoms with van der Waals surface area (Å²) in [5.41, 5.74) is 4.85. The molecule has 0 radical (unpaired) electrons. The zero-order chi connectivity index (χ0) is 9.23. The molecule has 2 N–H and O–H groups in total. The van der Waals surface area contributed by atoms with Crippen LogP contribution in [0.2, 0.25) is 0 Å². The second-order valence-electron chi connectivity index (χ2n) is 3.70. The van der Waals surface area contributed by atoms with Gasteiger partial charge in [0.25, 0.3) is 0 Å². The van der Waals surface area contributed by atoms with Crippen molar-refractivity contribution in [1.82, 2.24) is 0 Å². The number of nitrogens with two attached hydrogens (primary N) is 1. The number of hydrogen-bond donors (Lipinski definition) is 1. The van der Waals surface area contributed by atoms with Crippen molar-refractivity contribution in [2.75, 3.05) is 6.54 Å². The van der Waals surface area contributed by atoms with Gasteiger partial charge in [0.05, 0.1) is 0 Å². The quantitative estimate of drug-likeness (QED) is 0.677. The molecular weight excluding hydrogens is 146 g/mol. The maximum Gasteiger partial charge on any atom is -0.0106 e. The first kappa shape index (κ1) is 12.0. The lowest BCUT2D eigenvalue weighted by atomic mass is 9.86. The van der Waals surface area contributed by atoms with Gasteiger partial charge in [-0.25, -0.2) is 0 Å². The SMILES string of the molecule is CCCC1CCCCC1.CCN. The van der Waals surface area contributed by atoms with Crippen molar-refractivity contribution in [1.29, 1.82) is 0 Å². The molecule has 0 bridgehead atoms. The van der Waals surface area contributed by atoms with E-state index >= 15 is 0 Å². The van der Waals surface area contributed by atoms with Crippen LogP contribution in [0.3, 0.4) is 0 Å². The minimum absolute atomic E-state index is 0.750. The normalized spacial score (nSPS) is 18.2. The Balaban J connectivity index is 0.000000354. The van der Waals surface area contributed by atoms with Gasteiger partial charge in [-0.05, 0) is 12.5 Å². The largest absolute Gasteiger partial charge is 0.331 e. The number of rotatable bonds is 2. The van der Waals surface area contributed by atoms with Crippen LogP contribution in [0.25, 0.3) is 0 Å². The minimum atomic E-state index is 0.750. The highest BCUT2D eigenvalue weighted by Gasteiger charge is 2.10. The molecule has 1 fully saturated rings. The van der Waals surface area contributed by atoms with Gasteiger partial charge in [-0.1, -0.05) is 58.8 Å². The van der Waals surface area contributed by atoms with Crippen molar-refractivity contribution in [3.63, 3.8) is 0 Å².